The number of nitrogens with zero attached hydrogens (tertiary/aromatic N) is 4. The van der Waals surface area contributed by atoms with Crippen LogP contribution in [-0.2, 0) is 6.61 Å². The van der Waals surface area contributed by atoms with Gasteiger partial charge in [0.15, 0.2) is 11.5 Å². The number of urea groups is 1. The molecule has 9 nitrogen and oxygen atoms in total. The highest BCUT2D eigenvalue weighted by molar-refractivity contribution is 5.90. The van der Waals surface area contributed by atoms with E-state index < -0.39 is 0 Å². The van der Waals surface area contributed by atoms with Crippen molar-refractivity contribution in [1.29, 1.82) is 0 Å². The van der Waals surface area contributed by atoms with Crippen LogP contribution < -0.4 is 25.0 Å². The molecule has 0 radical (unpaired) electrons. The zero-order valence-electron chi connectivity index (χ0n) is 20.1. The van der Waals surface area contributed by atoms with Crippen molar-refractivity contribution in [3.05, 3.63) is 78.8 Å². The van der Waals surface area contributed by atoms with Crippen LogP contribution in [0.15, 0.2) is 73.1 Å². The van der Waals surface area contributed by atoms with Gasteiger partial charge in [-0.05, 0) is 43.2 Å². The fourth-order valence-electron chi connectivity index (χ4n) is 4.29. The Hall–Kier alpha value is -4.40. The van der Waals surface area contributed by atoms with Gasteiger partial charge in [0, 0.05) is 48.7 Å². The Labute approximate surface area is 209 Å². The average Bonchev–Trinajstić information content (AvgIpc) is 2.92. The summed E-state index contributed by atoms with van der Waals surface area (Å²) in [6.07, 6.45) is 5.30. The van der Waals surface area contributed by atoms with E-state index in [1.807, 2.05) is 36.4 Å². The van der Waals surface area contributed by atoms with Crippen LogP contribution in [0, 0.1) is 0 Å². The van der Waals surface area contributed by atoms with Crippen LogP contribution >= 0.6 is 0 Å². The largest absolute Gasteiger partial charge is 0.493 e. The SMILES string of the molecule is COc1ccc(NC(=O)NC2CCCN(c3ncccn3)C2)cc1OCc1ccc2ccccc2n1. The number of aromatic nitrogens is 3. The molecule has 1 saturated heterocycles. The number of methoxy groups -OCH3 is 1. The summed E-state index contributed by atoms with van der Waals surface area (Å²) in [5, 5.41) is 7.04. The number of carbonyl (C=O) groups excluding carboxylic acids is 1. The summed E-state index contributed by atoms with van der Waals surface area (Å²) in [6, 6.07) is 18.7. The van der Waals surface area contributed by atoms with E-state index in [1.54, 1.807) is 43.8 Å². The maximum absolute atomic E-state index is 12.7. The number of anilines is 2. The monoisotopic (exact) mass is 484 g/mol. The third kappa shape index (κ3) is 5.63. The molecule has 2 N–H and O–H groups in total. The topological polar surface area (TPSA) is 102 Å². The second-order valence-corrected chi connectivity index (χ2v) is 8.58. The van der Waals surface area contributed by atoms with Crippen molar-refractivity contribution < 1.29 is 14.3 Å². The minimum Gasteiger partial charge on any atom is -0.493 e. The van der Waals surface area contributed by atoms with E-state index in [0.717, 1.165) is 36.0 Å². The molecule has 4 aromatic rings. The van der Waals surface area contributed by atoms with Gasteiger partial charge >= 0.3 is 6.03 Å². The van der Waals surface area contributed by atoms with Crippen LogP contribution in [-0.4, -0.2) is 47.2 Å². The predicted molar refractivity (Wildman–Crippen MR) is 138 cm³/mol. The molecule has 36 heavy (non-hydrogen) atoms. The molecule has 1 atom stereocenters. The van der Waals surface area contributed by atoms with E-state index in [9.17, 15) is 4.79 Å². The van der Waals surface area contributed by atoms with E-state index in [-0.39, 0.29) is 18.7 Å². The van der Waals surface area contributed by atoms with E-state index in [4.69, 9.17) is 9.47 Å². The molecule has 2 aromatic heterocycles. The van der Waals surface area contributed by atoms with Gasteiger partial charge in [-0.3, -0.25) is 0 Å². The number of fused-ring (bicyclic) bond motifs is 1. The van der Waals surface area contributed by atoms with Crippen molar-refractivity contribution in [3.63, 3.8) is 0 Å². The maximum Gasteiger partial charge on any atom is 0.319 e. The molecule has 0 saturated carbocycles. The summed E-state index contributed by atoms with van der Waals surface area (Å²) in [5.74, 6) is 1.78. The molecule has 3 heterocycles. The third-order valence-corrected chi connectivity index (χ3v) is 6.04. The maximum atomic E-state index is 12.7. The molecule has 1 unspecified atom stereocenters. The molecular weight excluding hydrogens is 456 g/mol. The second kappa shape index (κ2) is 10.9. The number of rotatable bonds is 7. The Morgan fingerprint density at radius 2 is 1.92 bits per heavy atom. The molecule has 0 aliphatic carbocycles. The van der Waals surface area contributed by atoms with E-state index >= 15 is 0 Å². The van der Waals surface area contributed by atoms with Crippen molar-refractivity contribution >= 4 is 28.6 Å². The highest BCUT2D eigenvalue weighted by Crippen LogP contribution is 2.31. The number of para-hydroxylation sites is 1. The molecule has 9 heteroatoms. The van der Waals surface area contributed by atoms with Gasteiger partial charge in [0.05, 0.1) is 18.3 Å². The number of ether oxygens (including phenoxy) is 2. The van der Waals surface area contributed by atoms with Crippen LogP contribution in [0.3, 0.4) is 0 Å². The van der Waals surface area contributed by atoms with E-state index in [0.29, 0.717) is 29.7 Å². The molecule has 2 amide bonds. The summed E-state index contributed by atoms with van der Waals surface area (Å²) >= 11 is 0. The van der Waals surface area contributed by atoms with Gasteiger partial charge in [-0.15, -0.1) is 0 Å². The van der Waals surface area contributed by atoms with Crippen LogP contribution in [0.2, 0.25) is 0 Å². The van der Waals surface area contributed by atoms with Crippen molar-refractivity contribution in [1.82, 2.24) is 20.3 Å². The number of benzene rings is 2. The summed E-state index contributed by atoms with van der Waals surface area (Å²) < 4.78 is 11.5. The summed E-state index contributed by atoms with van der Waals surface area (Å²) in [7, 11) is 1.58. The number of piperidine rings is 1. The minimum absolute atomic E-state index is 0.00416. The van der Waals surface area contributed by atoms with Crippen molar-refractivity contribution in [2.75, 3.05) is 30.4 Å². The first-order chi connectivity index (χ1) is 17.7. The Kier molecular flexibility index (Phi) is 7.07. The Morgan fingerprint density at radius 3 is 2.78 bits per heavy atom. The van der Waals surface area contributed by atoms with Crippen LogP contribution in [0.5, 0.6) is 11.5 Å². The Morgan fingerprint density at radius 1 is 1.06 bits per heavy atom. The van der Waals surface area contributed by atoms with Crippen molar-refractivity contribution in [2.24, 2.45) is 0 Å². The summed E-state index contributed by atoms with van der Waals surface area (Å²) in [6.45, 7) is 1.80. The smallest absolute Gasteiger partial charge is 0.319 e. The number of carbonyl (C=O) groups is 1. The highest BCUT2D eigenvalue weighted by atomic mass is 16.5. The Balaban J connectivity index is 1.20. The first kappa shape index (κ1) is 23.3. The van der Waals surface area contributed by atoms with Crippen LogP contribution in [0.4, 0.5) is 16.4 Å². The van der Waals surface area contributed by atoms with E-state index in [2.05, 4.69) is 30.5 Å². The van der Waals surface area contributed by atoms with E-state index in [1.165, 1.54) is 0 Å². The van der Waals surface area contributed by atoms with Crippen molar-refractivity contribution in [3.8, 4) is 11.5 Å². The minimum atomic E-state index is -0.275. The lowest BCUT2D eigenvalue weighted by molar-refractivity contribution is 0.246. The van der Waals surface area contributed by atoms with Gasteiger partial charge in [-0.25, -0.2) is 19.7 Å². The molecule has 1 fully saturated rings. The summed E-state index contributed by atoms with van der Waals surface area (Å²) in [4.78, 5) is 28.1. The van der Waals surface area contributed by atoms with Crippen LogP contribution in [0.25, 0.3) is 10.9 Å². The lowest BCUT2D eigenvalue weighted by Crippen LogP contribution is -2.49. The zero-order chi connectivity index (χ0) is 24.7. The van der Waals surface area contributed by atoms with Gasteiger partial charge in [-0.1, -0.05) is 24.3 Å². The number of hydrogen-bond donors (Lipinski definition) is 2. The molecule has 2 aromatic carbocycles. The van der Waals surface area contributed by atoms with Gasteiger partial charge in [-0.2, -0.15) is 0 Å². The zero-order valence-corrected chi connectivity index (χ0v) is 20.1. The normalized spacial score (nSPS) is 15.4. The molecule has 0 spiro atoms. The van der Waals surface area contributed by atoms with Crippen molar-refractivity contribution in [2.45, 2.75) is 25.5 Å². The molecule has 1 aliphatic rings. The standard InChI is InChI=1S/C27H28N6O3/c1-35-24-12-11-20(16-25(24)36-18-22-10-9-19-6-2-3-8-23(19)30-22)31-27(34)32-21-7-4-15-33(17-21)26-28-13-5-14-29-26/h2-3,5-6,8-14,16,21H,4,7,15,17-18H2,1H3,(H2,31,32,34). The molecule has 0 bridgehead atoms. The highest BCUT2D eigenvalue weighted by Gasteiger charge is 2.23. The number of amides is 2. The summed E-state index contributed by atoms with van der Waals surface area (Å²) in [5.41, 5.74) is 2.32. The Bertz CT molecular complexity index is 1330. The predicted octanol–water partition coefficient (Wildman–Crippen LogP) is 4.40. The molecule has 184 valence electrons. The fraction of sp³-hybridized carbons (Fsp3) is 0.259. The molecular formula is C27H28N6O3. The lowest BCUT2D eigenvalue weighted by Gasteiger charge is -2.33. The van der Waals surface area contributed by atoms with Gasteiger partial charge < -0.3 is 25.0 Å². The fourth-order valence-corrected chi connectivity index (χ4v) is 4.29. The molecule has 5 rings (SSSR count). The first-order valence-corrected chi connectivity index (χ1v) is 11.9. The molecule has 1 aliphatic heterocycles. The first-order valence-electron chi connectivity index (χ1n) is 11.9. The quantitative estimate of drug-likeness (QED) is 0.401. The third-order valence-electron chi connectivity index (χ3n) is 6.04. The van der Waals surface area contributed by atoms with Crippen LogP contribution in [0.1, 0.15) is 18.5 Å². The second-order valence-electron chi connectivity index (χ2n) is 8.58. The van der Waals surface area contributed by atoms with Gasteiger partial charge in [0.1, 0.15) is 6.61 Å². The van der Waals surface area contributed by atoms with Gasteiger partial charge in [0.2, 0.25) is 5.95 Å². The average molecular weight is 485 g/mol. The van der Waals surface area contributed by atoms with Gasteiger partial charge in [0.25, 0.3) is 0 Å². The number of pyridine rings is 1. The number of nitrogens with one attached hydrogen (secondary N) is 2. The number of hydrogen-bond acceptors (Lipinski definition) is 7. The lowest BCUT2D eigenvalue weighted by atomic mass is 10.1.